The predicted octanol–water partition coefficient (Wildman–Crippen LogP) is 3.18. The molecule has 0 aliphatic heterocycles. The number of aryl methyl sites for hydroxylation is 1. The fourth-order valence-electron chi connectivity index (χ4n) is 2.67. The van der Waals surface area contributed by atoms with E-state index in [9.17, 15) is 18.0 Å². The van der Waals surface area contributed by atoms with Gasteiger partial charge in [-0.15, -0.1) is 0 Å². The fourth-order valence-corrected chi connectivity index (χ4v) is 3.24. The van der Waals surface area contributed by atoms with Crippen LogP contribution >= 0.6 is 0 Å². The highest BCUT2D eigenvalue weighted by Gasteiger charge is 2.21. The predicted molar refractivity (Wildman–Crippen MR) is 112 cm³/mol. The van der Waals surface area contributed by atoms with Crippen LogP contribution in [-0.4, -0.2) is 32.7 Å². The number of benzene rings is 2. The molecule has 0 saturated carbocycles. The van der Waals surface area contributed by atoms with Gasteiger partial charge in [0.25, 0.3) is 5.91 Å². The van der Waals surface area contributed by atoms with Crippen LogP contribution in [0.25, 0.3) is 0 Å². The summed E-state index contributed by atoms with van der Waals surface area (Å²) >= 11 is 0. The topological polar surface area (TPSA) is 102 Å². The lowest BCUT2D eigenvalue weighted by molar-refractivity contribution is -0.147. The number of anilines is 1. The second-order valence-corrected chi connectivity index (χ2v) is 8.88. The minimum Gasteiger partial charge on any atom is -0.463 e. The first kappa shape index (κ1) is 22.4. The van der Waals surface area contributed by atoms with Crippen LogP contribution in [0.1, 0.15) is 47.8 Å². The lowest BCUT2D eigenvalue weighted by Crippen LogP contribution is -2.31. The molecule has 0 saturated heterocycles. The third kappa shape index (κ3) is 7.57. The van der Waals surface area contributed by atoms with E-state index >= 15 is 0 Å². The van der Waals surface area contributed by atoms with Crippen molar-refractivity contribution in [1.82, 2.24) is 5.32 Å². The summed E-state index contributed by atoms with van der Waals surface area (Å²) < 4.78 is 30.1. The summed E-state index contributed by atoms with van der Waals surface area (Å²) in [6, 6.07) is 13.0. The highest BCUT2D eigenvalue weighted by atomic mass is 32.2. The normalized spacial score (nSPS) is 12.3. The first-order valence-electron chi connectivity index (χ1n) is 9.18. The minimum atomic E-state index is -3.39. The molecule has 0 radical (unpaired) electrons. The molecular weight excluding hydrogens is 392 g/mol. The number of rotatable bonds is 8. The summed E-state index contributed by atoms with van der Waals surface area (Å²) in [5.74, 6) is -0.780. The van der Waals surface area contributed by atoms with Gasteiger partial charge in [-0.2, -0.15) is 0 Å². The number of amides is 1. The summed E-state index contributed by atoms with van der Waals surface area (Å²) in [6.07, 6.45) is 0.809. The monoisotopic (exact) mass is 418 g/mol. The molecule has 0 fully saturated rings. The van der Waals surface area contributed by atoms with E-state index < -0.39 is 22.0 Å². The molecule has 2 aromatic carbocycles. The third-order valence-electron chi connectivity index (χ3n) is 3.97. The standard InChI is InChI=1S/C21H26N2O5S/c1-14(2)28-20(24)13-19(16-7-5-15(3)6-8-16)22-21(25)17-9-11-18(12-10-17)23-29(4,26)27/h5-12,14,19,23H,13H2,1-4H3,(H,22,25). The number of sulfonamides is 1. The molecule has 156 valence electrons. The lowest BCUT2D eigenvalue weighted by atomic mass is 10.0. The van der Waals surface area contributed by atoms with Crippen LogP contribution in [0, 0.1) is 6.92 Å². The molecule has 8 heteroatoms. The summed E-state index contributed by atoms with van der Waals surface area (Å²) in [4.78, 5) is 24.9. The number of ether oxygens (including phenoxy) is 1. The van der Waals surface area contributed by atoms with Gasteiger partial charge >= 0.3 is 5.97 Å². The molecule has 7 nitrogen and oxygen atoms in total. The quantitative estimate of drug-likeness (QED) is 0.641. The Labute approximate surface area is 171 Å². The maximum atomic E-state index is 12.7. The van der Waals surface area contributed by atoms with Gasteiger partial charge in [0.05, 0.1) is 24.8 Å². The zero-order chi connectivity index (χ0) is 21.6. The Balaban J connectivity index is 2.17. The number of hydrogen-bond acceptors (Lipinski definition) is 5. The smallest absolute Gasteiger partial charge is 0.308 e. The zero-order valence-electron chi connectivity index (χ0n) is 16.9. The van der Waals surface area contributed by atoms with E-state index in [2.05, 4.69) is 10.0 Å². The highest BCUT2D eigenvalue weighted by molar-refractivity contribution is 7.92. The minimum absolute atomic E-state index is 0.000693. The van der Waals surface area contributed by atoms with Gasteiger partial charge < -0.3 is 10.1 Å². The van der Waals surface area contributed by atoms with E-state index in [1.807, 2.05) is 31.2 Å². The van der Waals surface area contributed by atoms with Crippen LogP contribution in [0.5, 0.6) is 0 Å². The lowest BCUT2D eigenvalue weighted by Gasteiger charge is -2.20. The molecule has 0 bridgehead atoms. The molecular formula is C21H26N2O5S. The zero-order valence-corrected chi connectivity index (χ0v) is 17.7. The van der Waals surface area contributed by atoms with Gasteiger partial charge in [-0.3, -0.25) is 14.3 Å². The van der Waals surface area contributed by atoms with Crippen LogP contribution in [0.3, 0.4) is 0 Å². The maximum absolute atomic E-state index is 12.7. The molecule has 2 rings (SSSR count). The fraction of sp³-hybridized carbons (Fsp3) is 0.333. The van der Waals surface area contributed by atoms with E-state index in [1.54, 1.807) is 13.8 Å². The summed E-state index contributed by atoms with van der Waals surface area (Å²) in [5.41, 5.74) is 2.57. The molecule has 29 heavy (non-hydrogen) atoms. The number of carbonyl (C=O) groups is 2. The molecule has 0 aliphatic carbocycles. The Hall–Kier alpha value is -2.87. The van der Waals surface area contributed by atoms with E-state index in [0.717, 1.165) is 17.4 Å². The summed E-state index contributed by atoms with van der Waals surface area (Å²) in [6.45, 7) is 5.49. The van der Waals surface area contributed by atoms with Gasteiger partial charge in [-0.05, 0) is 50.6 Å². The van der Waals surface area contributed by atoms with Crippen LogP contribution in [0.2, 0.25) is 0 Å². The number of nitrogens with one attached hydrogen (secondary N) is 2. The molecule has 0 heterocycles. The molecule has 0 spiro atoms. The molecule has 0 aliphatic rings. The van der Waals surface area contributed by atoms with Gasteiger partial charge in [0.1, 0.15) is 0 Å². The van der Waals surface area contributed by atoms with E-state index in [4.69, 9.17) is 4.74 Å². The first-order valence-corrected chi connectivity index (χ1v) is 11.1. The van der Waals surface area contributed by atoms with Crippen molar-refractivity contribution >= 4 is 27.6 Å². The van der Waals surface area contributed by atoms with Crippen molar-refractivity contribution in [1.29, 1.82) is 0 Å². The van der Waals surface area contributed by atoms with Gasteiger partial charge in [0.2, 0.25) is 10.0 Å². The Morgan fingerprint density at radius 3 is 2.10 bits per heavy atom. The highest BCUT2D eigenvalue weighted by Crippen LogP contribution is 2.20. The molecule has 1 amide bonds. The van der Waals surface area contributed by atoms with Crippen LogP contribution in [0.4, 0.5) is 5.69 Å². The Morgan fingerprint density at radius 2 is 1.59 bits per heavy atom. The van der Waals surface area contributed by atoms with Crippen molar-refractivity contribution in [2.24, 2.45) is 0 Å². The SMILES string of the molecule is Cc1ccc(C(CC(=O)OC(C)C)NC(=O)c2ccc(NS(C)(=O)=O)cc2)cc1. The van der Waals surface area contributed by atoms with Gasteiger partial charge in [-0.25, -0.2) is 8.42 Å². The van der Waals surface area contributed by atoms with Crippen molar-refractivity contribution in [2.75, 3.05) is 11.0 Å². The summed E-state index contributed by atoms with van der Waals surface area (Å²) in [7, 11) is -3.39. The van der Waals surface area contributed by atoms with Crippen LogP contribution < -0.4 is 10.0 Å². The number of hydrogen-bond donors (Lipinski definition) is 2. The average Bonchev–Trinajstić information content (AvgIpc) is 2.60. The van der Waals surface area contributed by atoms with Crippen molar-refractivity contribution in [2.45, 2.75) is 39.3 Å². The van der Waals surface area contributed by atoms with Crippen molar-refractivity contribution in [3.8, 4) is 0 Å². The van der Waals surface area contributed by atoms with Crippen LogP contribution in [0.15, 0.2) is 48.5 Å². The molecule has 1 atom stereocenters. The molecule has 2 aromatic rings. The molecule has 1 unspecified atom stereocenters. The van der Waals surface area contributed by atoms with Crippen LogP contribution in [-0.2, 0) is 19.6 Å². The second-order valence-electron chi connectivity index (χ2n) is 7.13. The van der Waals surface area contributed by atoms with Crippen molar-refractivity contribution in [3.05, 3.63) is 65.2 Å². The Kier molecular flexibility index (Phi) is 7.39. The van der Waals surface area contributed by atoms with E-state index in [0.29, 0.717) is 11.3 Å². The number of carbonyl (C=O) groups excluding carboxylic acids is 2. The third-order valence-corrected chi connectivity index (χ3v) is 4.58. The van der Waals surface area contributed by atoms with Crippen molar-refractivity contribution in [3.63, 3.8) is 0 Å². The molecule has 2 N–H and O–H groups in total. The van der Waals surface area contributed by atoms with Gasteiger partial charge in [0.15, 0.2) is 0 Å². The molecule has 0 aromatic heterocycles. The first-order chi connectivity index (χ1) is 13.5. The van der Waals surface area contributed by atoms with E-state index in [-0.39, 0.29) is 18.4 Å². The van der Waals surface area contributed by atoms with Gasteiger partial charge in [-0.1, -0.05) is 29.8 Å². The van der Waals surface area contributed by atoms with Gasteiger partial charge in [0, 0.05) is 11.3 Å². The Bertz CT molecular complexity index is 952. The second kappa shape index (κ2) is 9.56. The van der Waals surface area contributed by atoms with E-state index in [1.165, 1.54) is 24.3 Å². The Morgan fingerprint density at radius 1 is 1.00 bits per heavy atom. The summed E-state index contributed by atoms with van der Waals surface area (Å²) in [5, 5.41) is 2.86. The van der Waals surface area contributed by atoms with Crippen molar-refractivity contribution < 1.29 is 22.7 Å². The average molecular weight is 419 g/mol. The number of esters is 1. The largest absolute Gasteiger partial charge is 0.463 e. The maximum Gasteiger partial charge on any atom is 0.308 e.